The molecule has 1 heterocycles. The lowest BCUT2D eigenvalue weighted by atomic mass is 10.1. The number of hydrogen-bond acceptors (Lipinski definition) is 4. The number of hydrogen-bond donors (Lipinski definition) is 1. The van der Waals surface area contributed by atoms with Gasteiger partial charge in [0.15, 0.2) is 0 Å². The van der Waals surface area contributed by atoms with Crippen LogP contribution in [0.1, 0.15) is 37.0 Å². The molecule has 1 saturated heterocycles. The second-order valence-corrected chi connectivity index (χ2v) is 7.55. The Balaban J connectivity index is 2.07. The summed E-state index contributed by atoms with van der Waals surface area (Å²) >= 11 is 2.09. The van der Waals surface area contributed by atoms with Gasteiger partial charge in [-0.25, -0.2) is 0 Å². The summed E-state index contributed by atoms with van der Waals surface area (Å²) < 4.78 is 6.02. The molecule has 0 bridgehead atoms. The van der Waals surface area contributed by atoms with E-state index in [9.17, 15) is 14.4 Å². The number of rotatable bonds is 6. The Morgan fingerprint density at radius 1 is 1.36 bits per heavy atom. The lowest BCUT2D eigenvalue weighted by molar-refractivity contribution is -0.148. The average Bonchev–Trinajstić information content (AvgIpc) is 2.56. The summed E-state index contributed by atoms with van der Waals surface area (Å²) in [7, 11) is 0. The van der Waals surface area contributed by atoms with Crippen molar-refractivity contribution >= 4 is 40.4 Å². The standard InChI is InChI=1S/C18H23IN2O4/c1-12(2)7-10-25-16(22)11-15-17(23)20-8-9-21(15)18(24)13-5-3-4-6-14(13)19/h3-6,12,15H,7-11H2,1-2H3,(H,20,23). The quantitative estimate of drug-likeness (QED) is 0.524. The van der Waals surface area contributed by atoms with E-state index in [-0.39, 0.29) is 18.2 Å². The van der Waals surface area contributed by atoms with Crippen molar-refractivity contribution in [3.05, 3.63) is 33.4 Å². The Morgan fingerprint density at radius 3 is 2.76 bits per heavy atom. The first kappa shape index (κ1) is 19.7. The fourth-order valence-corrected chi connectivity index (χ4v) is 3.19. The molecule has 1 aromatic rings. The second kappa shape index (κ2) is 9.17. The maximum Gasteiger partial charge on any atom is 0.308 e. The number of ether oxygens (including phenoxy) is 1. The highest BCUT2D eigenvalue weighted by atomic mass is 127. The number of esters is 1. The molecule has 25 heavy (non-hydrogen) atoms. The van der Waals surface area contributed by atoms with Crippen molar-refractivity contribution in [2.24, 2.45) is 5.92 Å². The summed E-state index contributed by atoms with van der Waals surface area (Å²) in [6, 6.07) is 6.38. The van der Waals surface area contributed by atoms with E-state index in [0.717, 1.165) is 9.99 Å². The monoisotopic (exact) mass is 458 g/mol. The van der Waals surface area contributed by atoms with Crippen LogP contribution in [0, 0.1) is 9.49 Å². The van der Waals surface area contributed by atoms with Gasteiger partial charge in [-0.1, -0.05) is 26.0 Å². The van der Waals surface area contributed by atoms with Gasteiger partial charge < -0.3 is 15.0 Å². The summed E-state index contributed by atoms with van der Waals surface area (Å²) in [6.45, 7) is 5.18. The molecule has 7 heteroatoms. The zero-order chi connectivity index (χ0) is 18.4. The SMILES string of the molecule is CC(C)CCOC(=O)CC1C(=O)NCCN1C(=O)c1ccccc1I. The molecule has 1 aromatic carbocycles. The molecule has 6 nitrogen and oxygen atoms in total. The van der Waals surface area contributed by atoms with Crippen LogP contribution in [-0.4, -0.2) is 48.4 Å². The maximum absolute atomic E-state index is 12.9. The zero-order valence-electron chi connectivity index (χ0n) is 14.5. The van der Waals surface area contributed by atoms with Gasteiger partial charge >= 0.3 is 5.97 Å². The Labute approximate surface area is 161 Å². The Kier molecular flexibility index (Phi) is 7.22. The molecule has 2 amide bonds. The highest BCUT2D eigenvalue weighted by Gasteiger charge is 2.36. The predicted octanol–water partition coefficient (Wildman–Crippen LogP) is 2.21. The van der Waals surface area contributed by atoms with Crippen molar-refractivity contribution in [2.75, 3.05) is 19.7 Å². The normalized spacial score (nSPS) is 17.4. The summed E-state index contributed by atoms with van der Waals surface area (Å²) in [4.78, 5) is 38.6. The molecule has 1 unspecified atom stereocenters. The van der Waals surface area contributed by atoms with E-state index in [1.54, 1.807) is 12.1 Å². The fourth-order valence-electron chi connectivity index (χ4n) is 2.58. The molecular weight excluding hydrogens is 435 g/mol. The van der Waals surface area contributed by atoms with E-state index >= 15 is 0 Å². The van der Waals surface area contributed by atoms with Crippen LogP contribution in [0.4, 0.5) is 0 Å². The van der Waals surface area contributed by atoms with Gasteiger partial charge in [-0.05, 0) is 47.1 Å². The molecule has 0 saturated carbocycles. The first-order valence-electron chi connectivity index (χ1n) is 8.39. The molecule has 1 atom stereocenters. The molecule has 0 spiro atoms. The lowest BCUT2D eigenvalue weighted by Gasteiger charge is -2.34. The summed E-state index contributed by atoms with van der Waals surface area (Å²) in [6.07, 6.45) is 0.645. The second-order valence-electron chi connectivity index (χ2n) is 6.39. The molecule has 136 valence electrons. The van der Waals surface area contributed by atoms with Gasteiger partial charge in [0.2, 0.25) is 5.91 Å². The largest absolute Gasteiger partial charge is 0.466 e. The third-order valence-electron chi connectivity index (χ3n) is 4.01. The lowest BCUT2D eigenvalue weighted by Crippen LogP contribution is -2.58. The Morgan fingerprint density at radius 2 is 2.08 bits per heavy atom. The number of nitrogens with zero attached hydrogens (tertiary/aromatic N) is 1. The van der Waals surface area contributed by atoms with Gasteiger partial charge in [0, 0.05) is 16.7 Å². The number of carbonyl (C=O) groups excluding carboxylic acids is 3. The molecule has 1 N–H and O–H groups in total. The van der Waals surface area contributed by atoms with Gasteiger partial charge in [-0.2, -0.15) is 0 Å². The van der Waals surface area contributed by atoms with Gasteiger partial charge in [0.1, 0.15) is 6.04 Å². The van der Waals surface area contributed by atoms with Gasteiger partial charge in [-0.15, -0.1) is 0 Å². The van der Waals surface area contributed by atoms with E-state index in [4.69, 9.17) is 4.74 Å². The van der Waals surface area contributed by atoms with Crippen LogP contribution in [0.25, 0.3) is 0 Å². The Bertz CT molecular complexity index is 648. The topological polar surface area (TPSA) is 75.7 Å². The summed E-state index contributed by atoms with van der Waals surface area (Å²) in [5, 5.41) is 2.72. The van der Waals surface area contributed by atoms with Crippen LogP contribution >= 0.6 is 22.6 Å². The third-order valence-corrected chi connectivity index (χ3v) is 4.95. The number of halogens is 1. The van der Waals surface area contributed by atoms with Crippen LogP contribution in [-0.2, 0) is 14.3 Å². The van der Waals surface area contributed by atoms with Crippen molar-refractivity contribution in [2.45, 2.75) is 32.7 Å². The highest BCUT2D eigenvalue weighted by Crippen LogP contribution is 2.18. The van der Waals surface area contributed by atoms with Crippen molar-refractivity contribution in [1.29, 1.82) is 0 Å². The highest BCUT2D eigenvalue weighted by molar-refractivity contribution is 14.1. The number of piperazine rings is 1. The van der Waals surface area contributed by atoms with Gasteiger partial charge in [0.05, 0.1) is 18.6 Å². The van der Waals surface area contributed by atoms with E-state index in [1.807, 2.05) is 26.0 Å². The van der Waals surface area contributed by atoms with Gasteiger partial charge in [-0.3, -0.25) is 14.4 Å². The molecular formula is C18H23IN2O4. The minimum absolute atomic E-state index is 0.126. The molecule has 1 fully saturated rings. The average molecular weight is 458 g/mol. The van der Waals surface area contributed by atoms with Crippen LogP contribution in [0.2, 0.25) is 0 Å². The molecule has 1 aliphatic heterocycles. The van der Waals surface area contributed by atoms with Crippen molar-refractivity contribution in [3.8, 4) is 0 Å². The van der Waals surface area contributed by atoms with E-state index < -0.39 is 12.0 Å². The third kappa shape index (κ3) is 5.42. The van der Waals surface area contributed by atoms with Crippen molar-refractivity contribution in [1.82, 2.24) is 10.2 Å². The van der Waals surface area contributed by atoms with Crippen LogP contribution < -0.4 is 5.32 Å². The van der Waals surface area contributed by atoms with Crippen LogP contribution in [0.15, 0.2) is 24.3 Å². The molecule has 1 aliphatic rings. The molecule has 0 aliphatic carbocycles. The van der Waals surface area contributed by atoms with E-state index in [1.165, 1.54) is 4.90 Å². The number of benzene rings is 1. The minimum Gasteiger partial charge on any atom is -0.466 e. The van der Waals surface area contributed by atoms with Gasteiger partial charge in [0.25, 0.3) is 5.91 Å². The number of amides is 2. The maximum atomic E-state index is 12.9. The minimum atomic E-state index is -0.830. The fraction of sp³-hybridized carbons (Fsp3) is 0.500. The van der Waals surface area contributed by atoms with Crippen LogP contribution in [0.5, 0.6) is 0 Å². The zero-order valence-corrected chi connectivity index (χ0v) is 16.6. The predicted molar refractivity (Wildman–Crippen MR) is 102 cm³/mol. The van der Waals surface area contributed by atoms with Crippen LogP contribution in [0.3, 0.4) is 0 Å². The first-order chi connectivity index (χ1) is 11.9. The first-order valence-corrected chi connectivity index (χ1v) is 9.47. The summed E-state index contributed by atoms with van der Waals surface area (Å²) in [5.74, 6) is -0.571. The number of nitrogens with one attached hydrogen (secondary N) is 1. The van der Waals surface area contributed by atoms with E-state index in [0.29, 0.717) is 31.2 Å². The Hall–Kier alpha value is -1.64. The van der Waals surface area contributed by atoms with E-state index in [2.05, 4.69) is 27.9 Å². The van der Waals surface area contributed by atoms with Crippen molar-refractivity contribution < 1.29 is 19.1 Å². The molecule has 0 radical (unpaired) electrons. The molecule has 0 aromatic heterocycles. The number of carbonyl (C=O) groups is 3. The smallest absolute Gasteiger partial charge is 0.308 e. The molecule has 2 rings (SSSR count). The van der Waals surface area contributed by atoms with Crippen molar-refractivity contribution in [3.63, 3.8) is 0 Å². The summed E-state index contributed by atoms with van der Waals surface area (Å²) in [5.41, 5.74) is 0.538.